The Hall–Kier alpha value is -1.24. The minimum atomic E-state index is -0.830. The zero-order valence-electron chi connectivity index (χ0n) is 10.8. The Kier molecular flexibility index (Phi) is 7.32. The third-order valence-corrected chi connectivity index (χ3v) is 2.35. The Morgan fingerprint density at radius 2 is 1.74 bits per heavy atom. The predicted octanol–water partition coefficient (Wildman–Crippen LogP) is 1.89. The molecule has 0 amide bonds. The van der Waals surface area contributed by atoms with E-state index in [1.165, 1.54) is 0 Å². The molecule has 1 aromatic carbocycles. The van der Waals surface area contributed by atoms with Gasteiger partial charge in [-0.05, 0) is 24.1 Å². The summed E-state index contributed by atoms with van der Waals surface area (Å²) >= 11 is 0. The maximum absolute atomic E-state index is 13.4. The number of hydrogen-bond acceptors (Lipinski definition) is 4. The Labute approximate surface area is 110 Å². The van der Waals surface area contributed by atoms with E-state index in [1.54, 1.807) is 7.11 Å². The van der Waals surface area contributed by atoms with Crippen LogP contribution in [-0.4, -0.2) is 38.6 Å². The zero-order chi connectivity index (χ0) is 14.1. The van der Waals surface area contributed by atoms with Crippen LogP contribution in [0.25, 0.3) is 0 Å². The molecule has 0 spiro atoms. The number of rotatable bonds is 9. The Morgan fingerprint density at radius 1 is 1.05 bits per heavy atom. The highest BCUT2D eigenvalue weighted by Gasteiger charge is 2.12. The van der Waals surface area contributed by atoms with Gasteiger partial charge in [0.25, 0.3) is 0 Å². The van der Waals surface area contributed by atoms with E-state index < -0.39 is 24.0 Å². The van der Waals surface area contributed by atoms with Gasteiger partial charge in [-0.25, -0.2) is 8.78 Å². The summed E-state index contributed by atoms with van der Waals surface area (Å²) in [5.74, 6) is -2.11. The first-order chi connectivity index (χ1) is 9.19. The van der Waals surface area contributed by atoms with Crippen LogP contribution in [0.3, 0.4) is 0 Å². The molecule has 108 valence electrons. The average molecular weight is 276 g/mol. The van der Waals surface area contributed by atoms with Gasteiger partial charge in [-0.15, -0.1) is 0 Å². The van der Waals surface area contributed by atoms with Crippen molar-refractivity contribution in [3.63, 3.8) is 0 Å². The lowest BCUT2D eigenvalue weighted by Crippen LogP contribution is -2.10. The van der Waals surface area contributed by atoms with Gasteiger partial charge in [-0.3, -0.25) is 0 Å². The molecule has 0 radical (unpaired) electrons. The third kappa shape index (κ3) is 5.50. The summed E-state index contributed by atoms with van der Waals surface area (Å²) < 4.78 is 41.9. The molecule has 6 heteroatoms. The predicted molar refractivity (Wildman–Crippen MR) is 65.1 cm³/mol. The van der Waals surface area contributed by atoms with Crippen LogP contribution in [0, 0.1) is 11.6 Å². The van der Waals surface area contributed by atoms with Crippen LogP contribution >= 0.6 is 0 Å². The molecule has 4 nitrogen and oxygen atoms in total. The Balaban J connectivity index is 2.33. The first kappa shape index (κ1) is 15.8. The second-order valence-corrected chi connectivity index (χ2v) is 3.85. The van der Waals surface area contributed by atoms with Crippen LogP contribution in [0.5, 0.6) is 5.75 Å². The van der Waals surface area contributed by atoms with Gasteiger partial charge in [0.1, 0.15) is 6.61 Å². The van der Waals surface area contributed by atoms with E-state index in [1.807, 2.05) is 0 Å². The van der Waals surface area contributed by atoms with Crippen LogP contribution in [-0.2, 0) is 16.1 Å². The molecule has 0 aliphatic heterocycles. The average Bonchev–Trinajstić information content (AvgIpc) is 2.40. The first-order valence-corrected chi connectivity index (χ1v) is 5.97. The van der Waals surface area contributed by atoms with E-state index in [0.29, 0.717) is 13.2 Å². The second kappa shape index (κ2) is 8.79. The van der Waals surface area contributed by atoms with Gasteiger partial charge in [0, 0.05) is 20.3 Å². The minimum absolute atomic E-state index is 0.0549. The lowest BCUT2D eigenvalue weighted by atomic mass is 10.2. The van der Waals surface area contributed by atoms with Gasteiger partial charge < -0.3 is 19.3 Å². The first-order valence-electron chi connectivity index (χ1n) is 5.97. The van der Waals surface area contributed by atoms with Crippen molar-refractivity contribution in [1.82, 2.24) is 0 Å². The Morgan fingerprint density at radius 3 is 2.32 bits per heavy atom. The van der Waals surface area contributed by atoms with Crippen molar-refractivity contribution in [2.45, 2.75) is 13.0 Å². The van der Waals surface area contributed by atoms with Crippen LogP contribution < -0.4 is 4.74 Å². The molecule has 0 aliphatic carbocycles. The molecule has 0 atom stereocenters. The van der Waals surface area contributed by atoms with Crippen LogP contribution in [0.2, 0.25) is 0 Å². The number of methoxy groups -OCH3 is 1. The van der Waals surface area contributed by atoms with E-state index in [-0.39, 0.29) is 18.8 Å². The maximum atomic E-state index is 13.4. The number of benzene rings is 1. The van der Waals surface area contributed by atoms with Crippen molar-refractivity contribution in [2.24, 2.45) is 0 Å². The molecule has 1 N–H and O–H groups in total. The summed E-state index contributed by atoms with van der Waals surface area (Å²) in [6, 6.07) is 2.08. The van der Waals surface area contributed by atoms with E-state index in [2.05, 4.69) is 0 Å². The number of ether oxygens (including phenoxy) is 3. The molecule has 1 aromatic rings. The molecule has 0 fully saturated rings. The third-order valence-electron chi connectivity index (χ3n) is 2.35. The SMILES string of the molecule is COCCCOCCOc1c(F)cc(CO)cc1F. The molecule has 0 bridgehead atoms. The molecular formula is C13H18F2O4. The molecule has 0 aliphatic rings. The number of hydrogen-bond donors (Lipinski definition) is 1. The lowest BCUT2D eigenvalue weighted by molar-refractivity contribution is 0.0786. The van der Waals surface area contributed by atoms with Crippen LogP contribution in [0.15, 0.2) is 12.1 Å². The van der Waals surface area contributed by atoms with Gasteiger partial charge >= 0.3 is 0 Å². The highest BCUT2D eigenvalue weighted by atomic mass is 19.1. The van der Waals surface area contributed by atoms with E-state index in [0.717, 1.165) is 18.6 Å². The van der Waals surface area contributed by atoms with Gasteiger partial charge in [0.2, 0.25) is 0 Å². The van der Waals surface area contributed by atoms with Crippen molar-refractivity contribution in [3.8, 4) is 5.75 Å². The Bertz CT molecular complexity index is 362. The zero-order valence-corrected chi connectivity index (χ0v) is 10.8. The molecule has 1 rings (SSSR count). The summed E-state index contributed by atoms with van der Waals surface area (Å²) in [6.45, 7) is 0.985. The van der Waals surface area contributed by atoms with E-state index >= 15 is 0 Å². The molecule has 19 heavy (non-hydrogen) atoms. The minimum Gasteiger partial charge on any atom is -0.485 e. The van der Waals surface area contributed by atoms with E-state index in [4.69, 9.17) is 19.3 Å². The van der Waals surface area contributed by atoms with Gasteiger partial charge in [0.15, 0.2) is 17.4 Å². The fourth-order valence-corrected chi connectivity index (χ4v) is 1.45. The smallest absolute Gasteiger partial charge is 0.190 e. The van der Waals surface area contributed by atoms with Crippen molar-refractivity contribution in [3.05, 3.63) is 29.3 Å². The highest BCUT2D eigenvalue weighted by Crippen LogP contribution is 2.23. The summed E-state index contributed by atoms with van der Waals surface area (Å²) in [5.41, 5.74) is 0.165. The van der Waals surface area contributed by atoms with Gasteiger partial charge in [-0.1, -0.05) is 0 Å². The molecule has 0 unspecified atom stereocenters. The van der Waals surface area contributed by atoms with Crippen molar-refractivity contribution < 1.29 is 28.1 Å². The van der Waals surface area contributed by atoms with E-state index in [9.17, 15) is 8.78 Å². The summed E-state index contributed by atoms with van der Waals surface area (Å²) in [5, 5.41) is 8.79. The van der Waals surface area contributed by atoms with Crippen molar-refractivity contribution in [2.75, 3.05) is 33.5 Å². The number of halogens is 2. The monoisotopic (exact) mass is 276 g/mol. The second-order valence-electron chi connectivity index (χ2n) is 3.85. The number of aliphatic hydroxyl groups excluding tert-OH is 1. The molecule has 0 heterocycles. The number of aliphatic hydroxyl groups is 1. The molecular weight excluding hydrogens is 258 g/mol. The van der Waals surface area contributed by atoms with Crippen LogP contribution in [0.1, 0.15) is 12.0 Å². The molecule has 0 saturated heterocycles. The maximum Gasteiger partial charge on any atom is 0.190 e. The van der Waals surface area contributed by atoms with Gasteiger partial charge in [-0.2, -0.15) is 0 Å². The van der Waals surface area contributed by atoms with Crippen LogP contribution in [0.4, 0.5) is 8.78 Å². The molecule has 0 aromatic heterocycles. The fraction of sp³-hybridized carbons (Fsp3) is 0.538. The molecule has 0 saturated carbocycles. The normalized spacial score (nSPS) is 10.7. The van der Waals surface area contributed by atoms with Crippen molar-refractivity contribution in [1.29, 1.82) is 0 Å². The summed E-state index contributed by atoms with van der Waals surface area (Å²) in [7, 11) is 1.60. The summed E-state index contributed by atoms with van der Waals surface area (Å²) in [4.78, 5) is 0. The topological polar surface area (TPSA) is 47.9 Å². The summed E-state index contributed by atoms with van der Waals surface area (Å²) in [6.07, 6.45) is 0.754. The van der Waals surface area contributed by atoms with Gasteiger partial charge in [0.05, 0.1) is 13.2 Å². The fourth-order valence-electron chi connectivity index (χ4n) is 1.45. The highest BCUT2D eigenvalue weighted by molar-refractivity contribution is 5.31. The lowest BCUT2D eigenvalue weighted by Gasteiger charge is -2.10. The standard InChI is InChI=1S/C13H18F2O4/c1-17-3-2-4-18-5-6-19-13-11(14)7-10(9-16)8-12(13)15/h7-8,16H,2-6,9H2,1H3. The quantitative estimate of drug-likeness (QED) is 0.700. The van der Waals surface area contributed by atoms with Crippen molar-refractivity contribution >= 4 is 0 Å². The largest absolute Gasteiger partial charge is 0.485 e.